The molecule has 124 valence electrons. The van der Waals surface area contributed by atoms with Crippen LogP contribution in [0.3, 0.4) is 0 Å². The molecule has 7 nitrogen and oxygen atoms in total. The molecule has 2 aliphatic heterocycles. The Labute approximate surface area is 135 Å². The third kappa shape index (κ3) is 3.64. The largest absolute Gasteiger partial charge is 0.352 e. The van der Waals surface area contributed by atoms with Gasteiger partial charge in [-0.05, 0) is 36.6 Å². The number of rotatable bonds is 4. The van der Waals surface area contributed by atoms with E-state index in [0.29, 0.717) is 31.6 Å². The number of carbonyl (C=O) groups is 2. The molecule has 0 aromatic heterocycles. The van der Waals surface area contributed by atoms with Gasteiger partial charge in [-0.1, -0.05) is 0 Å². The molecule has 1 atom stereocenters. The minimum absolute atomic E-state index is 0.00322. The molecule has 3 amide bonds. The Morgan fingerprint density at radius 1 is 1.30 bits per heavy atom. The van der Waals surface area contributed by atoms with E-state index in [1.807, 2.05) is 0 Å². The van der Waals surface area contributed by atoms with Crippen LogP contribution in [-0.4, -0.2) is 51.5 Å². The highest BCUT2D eigenvalue weighted by molar-refractivity contribution is 7.91. The molecule has 0 radical (unpaired) electrons. The lowest BCUT2D eigenvalue weighted by Gasteiger charge is -2.15. The van der Waals surface area contributed by atoms with E-state index < -0.39 is 9.84 Å². The van der Waals surface area contributed by atoms with Crippen molar-refractivity contribution in [3.05, 3.63) is 29.8 Å². The van der Waals surface area contributed by atoms with Crippen molar-refractivity contribution in [2.24, 2.45) is 5.92 Å². The lowest BCUT2D eigenvalue weighted by Crippen LogP contribution is -2.30. The van der Waals surface area contributed by atoms with Gasteiger partial charge in [-0.2, -0.15) is 0 Å². The maximum atomic E-state index is 12.1. The van der Waals surface area contributed by atoms with Crippen LogP contribution in [0.1, 0.15) is 16.8 Å². The van der Waals surface area contributed by atoms with E-state index in [2.05, 4.69) is 10.6 Å². The summed E-state index contributed by atoms with van der Waals surface area (Å²) < 4.78 is 22.8. The summed E-state index contributed by atoms with van der Waals surface area (Å²) in [5, 5.41) is 5.50. The summed E-state index contributed by atoms with van der Waals surface area (Å²) in [6, 6.07) is 6.67. The molecule has 0 bridgehead atoms. The lowest BCUT2D eigenvalue weighted by molar-refractivity contribution is 0.0948. The van der Waals surface area contributed by atoms with Crippen LogP contribution in [0.2, 0.25) is 0 Å². The fourth-order valence-corrected chi connectivity index (χ4v) is 4.74. The van der Waals surface area contributed by atoms with Gasteiger partial charge in [-0.25, -0.2) is 13.2 Å². The highest BCUT2D eigenvalue weighted by Gasteiger charge is 2.28. The molecular weight excluding hydrogens is 318 g/mol. The molecule has 0 unspecified atom stereocenters. The number of amides is 3. The minimum atomic E-state index is -2.92. The molecule has 8 heteroatoms. The lowest BCUT2D eigenvalue weighted by atomic mass is 10.1. The number of hydrogen-bond donors (Lipinski definition) is 2. The van der Waals surface area contributed by atoms with E-state index in [0.717, 1.165) is 5.69 Å². The molecule has 0 spiro atoms. The molecule has 2 aliphatic rings. The number of benzene rings is 1. The second-order valence-corrected chi connectivity index (χ2v) is 8.14. The monoisotopic (exact) mass is 337 g/mol. The zero-order chi connectivity index (χ0) is 16.4. The van der Waals surface area contributed by atoms with Gasteiger partial charge in [0.1, 0.15) is 0 Å². The first kappa shape index (κ1) is 15.8. The van der Waals surface area contributed by atoms with Crippen LogP contribution in [0.4, 0.5) is 10.5 Å². The number of anilines is 1. The zero-order valence-electron chi connectivity index (χ0n) is 12.6. The Morgan fingerprint density at radius 3 is 2.61 bits per heavy atom. The average molecular weight is 337 g/mol. The molecule has 0 saturated carbocycles. The van der Waals surface area contributed by atoms with Crippen LogP contribution in [-0.2, 0) is 9.84 Å². The fraction of sp³-hybridized carbons (Fsp3) is 0.467. The number of urea groups is 1. The molecule has 2 heterocycles. The van der Waals surface area contributed by atoms with Crippen molar-refractivity contribution < 1.29 is 18.0 Å². The van der Waals surface area contributed by atoms with Crippen LogP contribution in [0.25, 0.3) is 0 Å². The van der Waals surface area contributed by atoms with E-state index in [1.165, 1.54) is 0 Å². The Bertz CT molecular complexity index is 715. The number of nitrogens with zero attached hydrogens (tertiary/aromatic N) is 1. The summed E-state index contributed by atoms with van der Waals surface area (Å²) in [5.74, 6) is 0.124. The van der Waals surface area contributed by atoms with Crippen molar-refractivity contribution in [2.45, 2.75) is 6.42 Å². The molecule has 0 aliphatic carbocycles. The molecule has 1 aromatic carbocycles. The van der Waals surface area contributed by atoms with Crippen LogP contribution < -0.4 is 15.5 Å². The van der Waals surface area contributed by atoms with Crippen LogP contribution in [0.15, 0.2) is 24.3 Å². The van der Waals surface area contributed by atoms with Gasteiger partial charge in [0.05, 0.1) is 11.5 Å². The van der Waals surface area contributed by atoms with Gasteiger partial charge in [-0.15, -0.1) is 0 Å². The predicted octanol–water partition coefficient (Wildman–Crippen LogP) is 0.381. The minimum Gasteiger partial charge on any atom is -0.352 e. The van der Waals surface area contributed by atoms with Gasteiger partial charge in [0, 0.05) is 30.9 Å². The maximum Gasteiger partial charge on any atom is 0.321 e. The van der Waals surface area contributed by atoms with Crippen molar-refractivity contribution in [3.63, 3.8) is 0 Å². The smallest absolute Gasteiger partial charge is 0.321 e. The second-order valence-electron chi connectivity index (χ2n) is 5.91. The number of hydrogen-bond acceptors (Lipinski definition) is 4. The van der Waals surface area contributed by atoms with E-state index in [4.69, 9.17) is 0 Å². The first-order valence-corrected chi connectivity index (χ1v) is 9.41. The van der Waals surface area contributed by atoms with Gasteiger partial charge in [0.25, 0.3) is 5.91 Å². The third-order valence-electron chi connectivity index (χ3n) is 4.18. The summed E-state index contributed by atoms with van der Waals surface area (Å²) in [6.07, 6.45) is 0.603. The summed E-state index contributed by atoms with van der Waals surface area (Å²) in [6.45, 7) is 1.60. The highest BCUT2D eigenvalue weighted by Crippen LogP contribution is 2.19. The van der Waals surface area contributed by atoms with E-state index in [1.54, 1.807) is 29.2 Å². The Hall–Kier alpha value is -2.09. The summed E-state index contributed by atoms with van der Waals surface area (Å²) in [7, 11) is -2.92. The molecule has 2 N–H and O–H groups in total. The molecule has 3 rings (SSSR count). The van der Waals surface area contributed by atoms with E-state index in [-0.39, 0.29) is 29.4 Å². The van der Waals surface area contributed by atoms with Crippen LogP contribution >= 0.6 is 0 Å². The van der Waals surface area contributed by atoms with Gasteiger partial charge < -0.3 is 10.6 Å². The maximum absolute atomic E-state index is 12.1. The summed E-state index contributed by atoms with van der Waals surface area (Å²) >= 11 is 0. The SMILES string of the molecule is O=C(NC[C@@H]1CCS(=O)(=O)C1)c1ccc(N2CCNC2=O)cc1. The second kappa shape index (κ2) is 6.19. The van der Waals surface area contributed by atoms with E-state index >= 15 is 0 Å². The van der Waals surface area contributed by atoms with Crippen molar-refractivity contribution in [2.75, 3.05) is 36.0 Å². The molecule has 2 saturated heterocycles. The van der Waals surface area contributed by atoms with Crippen LogP contribution in [0.5, 0.6) is 0 Å². The zero-order valence-corrected chi connectivity index (χ0v) is 13.4. The molecular formula is C15H19N3O4S. The quantitative estimate of drug-likeness (QED) is 0.830. The van der Waals surface area contributed by atoms with Crippen molar-refractivity contribution in [1.29, 1.82) is 0 Å². The first-order valence-electron chi connectivity index (χ1n) is 7.59. The normalized spacial score (nSPS) is 22.9. The van der Waals surface area contributed by atoms with Crippen molar-refractivity contribution in [3.8, 4) is 0 Å². The van der Waals surface area contributed by atoms with E-state index in [9.17, 15) is 18.0 Å². The standard InChI is InChI=1S/C15H19N3O4S/c19-14(17-9-11-5-8-23(21,22)10-11)12-1-3-13(4-2-12)18-7-6-16-15(18)20/h1-4,11H,5-10H2,(H,16,20)(H,17,19)/t11-/m0/s1. The Morgan fingerprint density at radius 2 is 2.04 bits per heavy atom. The van der Waals surface area contributed by atoms with Gasteiger partial charge in [0.15, 0.2) is 9.84 Å². The predicted molar refractivity (Wildman–Crippen MR) is 86.3 cm³/mol. The van der Waals surface area contributed by atoms with Gasteiger partial charge in [-0.3, -0.25) is 9.69 Å². The van der Waals surface area contributed by atoms with Crippen LogP contribution in [0, 0.1) is 5.92 Å². The summed E-state index contributed by atoms with van der Waals surface area (Å²) in [5.41, 5.74) is 1.24. The number of sulfone groups is 1. The summed E-state index contributed by atoms with van der Waals surface area (Å²) in [4.78, 5) is 25.3. The van der Waals surface area contributed by atoms with Crippen molar-refractivity contribution >= 4 is 27.5 Å². The fourth-order valence-electron chi connectivity index (χ4n) is 2.88. The number of nitrogens with one attached hydrogen (secondary N) is 2. The molecule has 2 fully saturated rings. The topological polar surface area (TPSA) is 95.6 Å². The Balaban J connectivity index is 1.56. The molecule has 1 aromatic rings. The Kier molecular flexibility index (Phi) is 4.25. The highest BCUT2D eigenvalue weighted by atomic mass is 32.2. The number of carbonyl (C=O) groups excluding carboxylic acids is 2. The van der Waals surface area contributed by atoms with Crippen molar-refractivity contribution in [1.82, 2.24) is 10.6 Å². The molecule has 23 heavy (non-hydrogen) atoms. The van der Waals surface area contributed by atoms with Gasteiger partial charge >= 0.3 is 6.03 Å². The third-order valence-corrected chi connectivity index (χ3v) is 6.01. The average Bonchev–Trinajstić information content (AvgIpc) is 3.10. The van der Waals surface area contributed by atoms with Gasteiger partial charge in [0.2, 0.25) is 0 Å². The first-order chi connectivity index (χ1) is 10.9.